The molecule has 0 fully saturated rings. The molecular formula is C19H27N3O5. The van der Waals surface area contributed by atoms with Gasteiger partial charge in [-0.15, -0.1) is 0 Å². The molecule has 1 aromatic carbocycles. The Labute approximate surface area is 158 Å². The summed E-state index contributed by atoms with van der Waals surface area (Å²) in [6.45, 7) is 4.95. The number of nitrogens with one attached hydrogen (secondary N) is 2. The number of rotatable bonds is 10. The van der Waals surface area contributed by atoms with E-state index in [2.05, 4.69) is 10.6 Å². The molecule has 0 spiro atoms. The molecule has 0 bridgehead atoms. The molecule has 2 atom stereocenters. The summed E-state index contributed by atoms with van der Waals surface area (Å²) in [5.74, 6) is -1.66. The van der Waals surface area contributed by atoms with Crippen molar-refractivity contribution in [2.24, 2.45) is 11.7 Å². The number of nitrogens with two attached hydrogens (primary N) is 1. The molecule has 0 aliphatic carbocycles. The minimum atomic E-state index is -0.982. The lowest BCUT2D eigenvalue weighted by Crippen LogP contribution is -2.54. The van der Waals surface area contributed by atoms with E-state index >= 15 is 0 Å². The molecule has 0 aromatic heterocycles. The fourth-order valence-electron chi connectivity index (χ4n) is 2.32. The standard InChI is InChI=1S/C19H27N3O5/c1-12(2)16(18(25)21-15(17(20)24)10-9-13(3)23)22-19(26)27-11-14-7-5-4-6-8-14/h4-8,12,15-16H,9-11H2,1-3H3,(H2,20,24)(H,21,25)(H,22,26)/t15-,16+/m0/s1. The van der Waals surface area contributed by atoms with Gasteiger partial charge in [0.25, 0.3) is 0 Å². The third kappa shape index (κ3) is 8.35. The van der Waals surface area contributed by atoms with Gasteiger partial charge < -0.3 is 25.9 Å². The van der Waals surface area contributed by atoms with Crippen LogP contribution in [0.4, 0.5) is 4.79 Å². The fourth-order valence-corrected chi connectivity index (χ4v) is 2.32. The summed E-state index contributed by atoms with van der Waals surface area (Å²) in [6, 6.07) is 7.23. The summed E-state index contributed by atoms with van der Waals surface area (Å²) in [5.41, 5.74) is 6.10. The van der Waals surface area contributed by atoms with Crippen LogP contribution in [0.5, 0.6) is 0 Å². The maximum absolute atomic E-state index is 12.5. The Morgan fingerprint density at radius 1 is 1.07 bits per heavy atom. The number of alkyl carbamates (subject to hydrolysis) is 1. The summed E-state index contributed by atoms with van der Waals surface area (Å²) in [7, 11) is 0. The number of ketones is 1. The number of Topliss-reactive ketones (excluding diaryl/α,β-unsaturated/α-hetero) is 1. The van der Waals surface area contributed by atoms with Crippen molar-refractivity contribution in [2.75, 3.05) is 0 Å². The summed E-state index contributed by atoms with van der Waals surface area (Å²) in [5, 5.41) is 5.00. The van der Waals surface area contributed by atoms with Crippen LogP contribution in [0.1, 0.15) is 39.2 Å². The number of primary amides is 1. The Hall–Kier alpha value is -2.90. The van der Waals surface area contributed by atoms with Crippen molar-refractivity contribution in [3.05, 3.63) is 35.9 Å². The first-order valence-electron chi connectivity index (χ1n) is 8.77. The number of amides is 3. The normalized spacial score (nSPS) is 12.7. The van der Waals surface area contributed by atoms with Crippen LogP contribution in [0, 0.1) is 5.92 Å². The number of ether oxygens (including phenoxy) is 1. The Kier molecular flexibility index (Phi) is 8.98. The Morgan fingerprint density at radius 2 is 1.70 bits per heavy atom. The van der Waals surface area contributed by atoms with E-state index in [1.54, 1.807) is 13.8 Å². The first kappa shape index (κ1) is 22.1. The van der Waals surface area contributed by atoms with Gasteiger partial charge in [-0.25, -0.2) is 4.79 Å². The third-order valence-electron chi connectivity index (χ3n) is 3.88. The summed E-state index contributed by atoms with van der Waals surface area (Å²) in [4.78, 5) is 47.1. The van der Waals surface area contributed by atoms with E-state index < -0.39 is 30.0 Å². The number of benzene rings is 1. The summed E-state index contributed by atoms with van der Waals surface area (Å²) >= 11 is 0. The highest BCUT2D eigenvalue weighted by molar-refractivity contribution is 5.91. The van der Waals surface area contributed by atoms with Crippen LogP contribution in [0.25, 0.3) is 0 Å². The van der Waals surface area contributed by atoms with Crippen LogP contribution >= 0.6 is 0 Å². The van der Waals surface area contributed by atoms with Crippen LogP contribution in [-0.2, 0) is 25.7 Å². The molecule has 3 amide bonds. The average Bonchev–Trinajstić information content (AvgIpc) is 2.61. The van der Waals surface area contributed by atoms with E-state index in [9.17, 15) is 19.2 Å². The number of hydrogen-bond acceptors (Lipinski definition) is 5. The van der Waals surface area contributed by atoms with Gasteiger partial charge in [0.2, 0.25) is 11.8 Å². The highest BCUT2D eigenvalue weighted by Crippen LogP contribution is 2.06. The molecule has 8 nitrogen and oxygen atoms in total. The molecule has 27 heavy (non-hydrogen) atoms. The first-order chi connectivity index (χ1) is 12.7. The topological polar surface area (TPSA) is 128 Å². The van der Waals surface area contributed by atoms with Crippen molar-refractivity contribution in [3.8, 4) is 0 Å². The van der Waals surface area contributed by atoms with Crippen LogP contribution in [0.2, 0.25) is 0 Å². The number of carbonyl (C=O) groups is 4. The van der Waals surface area contributed by atoms with E-state index in [-0.39, 0.29) is 31.1 Å². The molecule has 4 N–H and O–H groups in total. The second-order valence-corrected chi connectivity index (χ2v) is 6.63. The van der Waals surface area contributed by atoms with Crippen molar-refractivity contribution in [1.82, 2.24) is 10.6 Å². The van der Waals surface area contributed by atoms with E-state index in [1.807, 2.05) is 30.3 Å². The van der Waals surface area contributed by atoms with Crippen molar-refractivity contribution in [2.45, 2.75) is 52.3 Å². The average molecular weight is 377 g/mol. The molecule has 1 rings (SSSR count). The molecule has 148 valence electrons. The Bertz CT molecular complexity index is 661. The van der Waals surface area contributed by atoms with Crippen LogP contribution in [0.3, 0.4) is 0 Å². The lowest BCUT2D eigenvalue weighted by molar-refractivity contribution is -0.129. The second kappa shape index (κ2) is 10.9. The molecule has 0 aliphatic rings. The minimum absolute atomic E-state index is 0.0711. The third-order valence-corrected chi connectivity index (χ3v) is 3.88. The SMILES string of the molecule is CC(=O)CC[C@H](NC(=O)[C@H](NC(=O)OCc1ccccc1)C(C)C)C(N)=O. The van der Waals surface area contributed by atoms with E-state index in [0.29, 0.717) is 0 Å². The lowest BCUT2D eigenvalue weighted by Gasteiger charge is -2.24. The zero-order chi connectivity index (χ0) is 20.4. The smallest absolute Gasteiger partial charge is 0.408 e. The number of hydrogen-bond donors (Lipinski definition) is 3. The predicted octanol–water partition coefficient (Wildman–Crippen LogP) is 1.28. The van der Waals surface area contributed by atoms with Gasteiger partial charge in [0.1, 0.15) is 24.5 Å². The zero-order valence-electron chi connectivity index (χ0n) is 15.9. The van der Waals surface area contributed by atoms with Gasteiger partial charge in [0, 0.05) is 6.42 Å². The van der Waals surface area contributed by atoms with Crippen molar-refractivity contribution < 1.29 is 23.9 Å². The van der Waals surface area contributed by atoms with Crippen molar-refractivity contribution in [1.29, 1.82) is 0 Å². The van der Waals surface area contributed by atoms with E-state index in [1.165, 1.54) is 6.92 Å². The second-order valence-electron chi connectivity index (χ2n) is 6.63. The molecule has 0 saturated heterocycles. The largest absolute Gasteiger partial charge is 0.445 e. The van der Waals surface area contributed by atoms with Gasteiger partial charge in [0.15, 0.2) is 0 Å². The van der Waals surface area contributed by atoms with E-state index in [4.69, 9.17) is 10.5 Å². The highest BCUT2D eigenvalue weighted by Gasteiger charge is 2.28. The van der Waals surface area contributed by atoms with Gasteiger partial charge in [-0.1, -0.05) is 44.2 Å². The van der Waals surface area contributed by atoms with Gasteiger partial charge in [-0.05, 0) is 24.8 Å². The predicted molar refractivity (Wildman–Crippen MR) is 99.4 cm³/mol. The maximum Gasteiger partial charge on any atom is 0.408 e. The molecule has 0 saturated carbocycles. The fraction of sp³-hybridized carbons (Fsp3) is 0.474. The Morgan fingerprint density at radius 3 is 2.22 bits per heavy atom. The van der Waals surface area contributed by atoms with Crippen LogP contribution in [-0.4, -0.2) is 35.8 Å². The lowest BCUT2D eigenvalue weighted by atomic mass is 10.0. The molecule has 1 aromatic rings. The number of carbonyl (C=O) groups excluding carboxylic acids is 4. The summed E-state index contributed by atoms with van der Waals surface area (Å²) < 4.78 is 5.12. The molecule has 0 unspecified atom stereocenters. The van der Waals surface area contributed by atoms with Gasteiger partial charge in [-0.2, -0.15) is 0 Å². The quantitative estimate of drug-likeness (QED) is 0.566. The van der Waals surface area contributed by atoms with Gasteiger partial charge >= 0.3 is 6.09 Å². The monoisotopic (exact) mass is 377 g/mol. The minimum Gasteiger partial charge on any atom is -0.445 e. The van der Waals surface area contributed by atoms with E-state index in [0.717, 1.165) is 5.56 Å². The molecule has 8 heteroatoms. The maximum atomic E-state index is 12.5. The molecule has 0 aliphatic heterocycles. The first-order valence-corrected chi connectivity index (χ1v) is 8.77. The Balaban J connectivity index is 2.64. The van der Waals surface area contributed by atoms with Crippen LogP contribution in [0.15, 0.2) is 30.3 Å². The zero-order valence-corrected chi connectivity index (χ0v) is 15.9. The summed E-state index contributed by atoms with van der Waals surface area (Å²) in [6.07, 6.45) is -0.515. The van der Waals surface area contributed by atoms with Crippen LogP contribution < -0.4 is 16.4 Å². The molecular weight excluding hydrogens is 350 g/mol. The molecule has 0 radical (unpaired) electrons. The van der Waals surface area contributed by atoms with Crippen molar-refractivity contribution in [3.63, 3.8) is 0 Å². The van der Waals surface area contributed by atoms with Crippen molar-refractivity contribution >= 4 is 23.7 Å². The van der Waals surface area contributed by atoms with Gasteiger partial charge in [-0.3, -0.25) is 9.59 Å². The molecule has 0 heterocycles. The highest BCUT2D eigenvalue weighted by atomic mass is 16.5. The van der Waals surface area contributed by atoms with Gasteiger partial charge in [0.05, 0.1) is 0 Å².